The van der Waals surface area contributed by atoms with Gasteiger partial charge in [0.1, 0.15) is 5.69 Å². The molecule has 1 aromatic heterocycles. The maximum atomic E-state index is 13.3. The van der Waals surface area contributed by atoms with Gasteiger partial charge in [0.2, 0.25) is 5.43 Å². The lowest BCUT2D eigenvalue weighted by Gasteiger charge is -2.32. The van der Waals surface area contributed by atoms with Crippen LogP contribution < -0.4 is 11.2 Å². The van der Waals surface area contributed by atoms with Gasteiger partial charge in [0.05, 0.1) is 0 Å². The molecule has 4 heteroatoms. The SMILES string of the molecule is CC(C)c1nn(C)c2c(c1=O)C(Cc1cccc(-c3ccccc3)c1)C(N)CC2. The third-order valence-electron chi connectivity index (χ3n) is 6.08. The lowest BCUT2D eigenvalue weighted by molar-refractivity contribution is 0.436. The summed E-state index contributed by atoms with van der Waals surface area (Å²) < 4.78 is 1.91. The quantitative estimate of drug-likeness (QED) is 0.731. The summed E-state index contributed by atoms with van der Waals surface area (Å²) in [4.78, 5) is 13.3. The average Bonchev–Trinajstić information content (AvgIpc) is 2.73. The maximum absolute atomic E-state index is 13.3. The van der Waals surface area contributed by atoms with Crippen molar-refractivity contribution in [1.82, 2.24) is 9.78 Å². The van der Waals surface area contributed by atoms with E-state index in [1.165, 1.54) is 16.7 Å². The third kappa shape index (κ3) is 3.77. The van der Waals surface area contributed by atoms with Gasteiger partial charge >= 0.3 is 0 Å². The van der Waals surface area contributed by atoms with E-state index < -0.39 is 0 Å². The van der Waals surface area contributed by atoms with Crippen LogP contribution in [0.2, 0.25) is 0 Å². The minimum absolute atomic E-state index is 0.0157. The number of benzene rings is 2. The van der Waals surface area contributed by atoms with Crippen LogP contribution in [-0.2, 0) is 19.9 Å². The zero-order chi connectivity index (χ0) is 20.5. The van der Waals surface area contributed by atoms with E-state index in [1.807, 2.05) is 31.6 Å². The molecule has 0 aliphatic heterocycles. The Kier molecular flexibility index (Phi) is 5.37. The molecule has 29 heavy (non-hydrogen) atoms. The summed E-state index contributed by atoms with van der Waals surface area (Å²) in [6.45, 7) is 4.05. The monoisotopic (exact) mass is 387 g/mol. The highest BCUT2D eigenvalue weighted by atomic mass is 16.1. The molecule has 0 bridgehead atoms. The topological polar surface area (TPSA) is 60.9 Å². The Morgan fingerprint density at radius 1 is 1.10 bits per heavy atom. The molecule has 3 aromatic rings. The van der Waals surface area contributed by atoms with Crippen LogP contribution in [-0.4, -0.2) is 15.8 Å². The predicted molar refractivity (Wildman–Crippen MR) is 118 cm³/mol. The molecule has 150 valence electrons. The zero-order valence-corrected chi connectivity index (χ0v) is 17.4. The van der Waals surface area contributed by atoms with Crippen molar-refractivity contribution in [3.8, 4) is 11.1 Å². The second-order valence-corrected chi connectivity index (χ2v) is 8.43. The Morgan fingerprint density at radius 3 is 2.55 bits per heavy atom. The molecule has 0 spiro atoms. The first-order valence-electron chi connectivity index (χ1n) is 10.5. The van der Waals surface area contributed by atoms with Crippen LogP contribution in [0, 0.1) is 0 Å². The molecular formula is C25H29N3O. The fourth-order valence-corrected chi connectivity index (χ4v) is 4.50. The first-order chi connectivity index (χ1) is 14.0. The fourth-order valence-electron chi connectivity index (χ4n) is 4.50. The zero-order valence-electron chi connectivity index (χ0n) is 17.4. The standard InChI is InChI=1S/C25H29N3O/c1-16(2)24-25(29)23-20(21(26)12-13-22(23)28(3)27-24)15-17-8-7-11-19(14-17)18-9-5-4-6-10-18/h4-11,14,16,20-21H,12-13,15,26H2,1-3H3. The Morgan fingerprint density at radius 2 is 1.83 bits per heavy atom. The summed E-state index contributed by atoms with van der Waals surface area (Å²) in [6, 6.07) is 19.0. The Balaban J connectivity index is 1.75. The van der Waals surface area contributed by atoms with E-state index in [9.17, 15) is 4.79 Å². The predicted octanol–water partition coefficient (Wildman–Crippen LogP) is 4.17. The molecule has 1 aliphatic rings. The molecule has 0 saturated heterocycles. The number of hydrogen-bond acceptors (Lipinski definition) is 3. The van der Waals surface area contributed by atoms with Gasteiger partial charge < -0.3 is 5.73 Å². The fraction of sp³-hybridized carbons (Fsp3) is 0.360. The van der Waals surface area contributed by atoms with Crippen molar-refractivity contribution in [2.75, 3.05) is 0 Å². The lowest BCUT2D eigenvalue weighted by atomic mass is 9.77. The van der Waals surface area contributed by atoms with Gasteiger partial charge in [0, 0.05) is 36.2 Å². The van der Waals surface area contributed by atoms with Crippen molar-refractivity contribution < 1.29 is 0 Å². The molecule has 2 atom stereocenters. The summed E-state index contributed by atoms with van der Waals surface area (Å²) in [5, 5.41) is 4.57. The van der Waals surface area contributed by atoms with E-state index in [2.05, 4.69) is 53.6 Å². The highest BCUT2D eigenvalue weighted by molar-refractivity contribution is 5.64. The molecule has 4 nitrogen and oxygen atoms in total. The highest BCUT2D eigenvalue weighted by Crippen LogP contribution is 2.32. The van der Waals surface area contributed by atoms with Gasteiger partial charge in [0.25, 0.3) is 0 Å². The molecule has 1 aliphatic carbocycles. The molecular weight excluding hydrogens is 358 g/mol. The first kappa shape index (κ1) is 19.6. The van der Waals surface area contributed by atoms with E-state index in [1.54, 1.807) is 0 Å². The van der Waals surface area contributed by atoms with Gasteiger partial charge in [-0.15, -0.1) is 0 Å². The van der Waals surface area contributed by atoms with Crippen molar-refractivity contribution in [1.29, 1.82) is 0 Å². The Labute approximate surface area is 172 Å². The molecule has 4 rings (SSSR count). The van der Waals surface area contributed by atoms with Crippen LogP contribution in [0.25, 0.3) is 11.1 Å². The molecule has 1 heterocycles. The Bertz CT molecular complexity index is 1070. The van der Waals surface area contributed by atoms with Crippen LogP contribution in [0.3, 0.4) is 0 Å². The van der Waals surface area contributed by atoms with Crippen molar-refractivity contribution in [2.45, 2.75) is 51.0 Å². The number of hydrogen-bond donors (Lipinski definition) is 1. The van der Waals surface area contributed by atoms with Crippen molar-refractivity contribution in [3.63, 3.8) is 0 Å². The summed E-state index contributed by atoms with van der Waals surface area (Å²) in [7, 11) is 1.95. The van der Waals surface area contributed by atoms with Gasteiger partial charge in [-0.2, -0.15) is 5.10 Å². The minimum Gasteiger partial charge on any atom is -0.327 e. The summed E-state index contributed by atoms with van der Waals surface area (Å²) >= 11 is 0. The van der Waals surface area contributed by atoms with Gasteiger partial charge in [-0.05, 0) is 36.0 Å². The normalized spacial score (nSPS) is 18.7. The summed E-state index contributed by atoms with van der Waals surface area (Å²) in [5.41, 5.74) is 12.8. The minimum atomic E-state index is -0.0157. The van der Waals surface area contributed by atoms with Gasteiger partial charge in [-0.1, -0.05) is 68.4 Å². The number of nitrogens with zero attached hydrogens (tertiary/aromatic N) is 2. The van der Waals surface area contributed by atoms with E-state index in [0.29, 0.717) is 5.69 Å². The lowest BCUT2D eigenvalue weighted by Crippen LogP contribution is -2.41. The van der Waals surface area contributed by atoms with E-state index in [-0.39, 0.29) is 23.3 Å². The van der Waals surface area contributed by atoms with Crippen LogP contribution in [0.4, 0.5) is 0 Å². The number of nitrogens with two attached hydrogens (primary N) is 1. The third-order valence-corrected chi connectivity index (χ3v) is 6.08. The maximum Gasteiger partial charge on any atom is 0.207 e. The first-order valence-corrected chi connectivity index (χ1v) is 10.5. The number of aromatic nitrogens is 2. The second kappa shape index (κ2) is 7.96. The molecule has 0 saturated carbocycles. The number of fused-ring (bicyclic) bond motifs is 1. The van der Waals surface area contributed by atoms with Crippen molar-refractivity contribution in [3.05, 3.63) is 87.3 Å². The van der Waals surface area contributed by atoms with E-state index >= 15 is 0 Å². The molecule has 2 unspecified atom stereocenters. The second-order valence-electron chi connectivity index (χ2n) is 8.43. The molecule has 0 radical (unpaired) electrons. The highest BCUT2D eigenvalue weighted by Gasteiger charge is 2.32. The van der Waals surface area contributed by atoms with Crippen LogP contribution >= 0.6 is 0 Å². The number of rotatable bonds is 4. The number of aryl methyl sites for hydroxylation is 1. The summed E-state index contributed by atoms with van der Waals surface area (Å²) in [5.74, 6) is 0.114. The summed E-state index contributed by atoms with van der Waals surface area (Å²) in [6.07, 6.45) is 2.46. The largest absolute Gasteiger partial charge is 0.327 e. The van der Waals surface area contributed by atoms with Gasteiger partial charge in [-0.25, -0.2) is 0 Å². The van der Waals surface area contributed by atoms with Gasteiger partial charge in [-0.3, -0.25) is 9.48 Å². The molecule has 2 N–H and O–H groups in total. The van der Waals surface area contributed by atoms with E-state index in [4.69, 9.17) is 5.73 Å². The van der Waals surface area contributed by atoms with E-state index in [0.717, 1.165) is 30.5 Å². The van der Waals surface area contributed by atoms with Crippen LogP contribution in [0.15, 0.2) is 59.4 Å². The van der Waals surface area contributed by atoms with Crippen LogP contribution in [0.5, 0.6) is 0 Å². The molecule has 0 fully saturated rings. The molecule has 0 amide bonds. The smallest absolute Gasteiger partial charge is 0.207 e. The average molecular weight is 388 g/mol. The van der Waals surface area contributed by atoms with Gasteiger partial charge in [0.15, 0.2) is 0 Å². The van der Waals surface area contributed by atoms with Crippen LogP contribution in [0.1, 0.15) is 54.6 Å². The molecule has 2 aromatic carbocycles. The Hall–Kier alpha value is -2.72. The van der Waals surface area contributed by atoms with Crippen molar-refractivity contribution >= 4 is 0 Å². The van der Waals surface area contributed by atoms with Crippen molar-refractivity contribution in [2.24, 2.45) is 12.8 Å².